The van der Waals surface area contributed by atoms with E-state index in [1.165, 1.54) is 11.1 Å². The van der Waals surface area contributed by atoms with Gasteiger partial charge in [-0.05, 0) is 47.2 Å². The van der Waals surface area contributed by atoms with Gasteiger partial charge in [0.1, 0.15) is 0 Å². The third kappa shape index (κ3) is 5.65. The molecule has 5 nitrogen and oxygen atoms in total. The van der Waals surface area contributed by atoms with Gasteiger partial charge in [0.2, 0.25) is 0 Å². The van der Waals surface area contributed by atoms with Crippen molar-refractivity contribution in [2.75, 3.05) is 0 Å². The summed E-state index contributed by atoms with van der Waals surface area (Å²) in [5, 5.41) is 2.23. The first-order chi connectivity index (χ1) is 24.8. The SMILES string of the molecule is C1=CCCC(c2ccc(-c3nc(-c4ccc(-c5cccc6cccnc56)cc4)nc(-c4ccc(-c5cccc6cccnc56)cc4)n3)cc2)=C1. The van der Waals surface area contributed by atoms with Crippen LogP contribution in [0.2, 0.25) is 0 Å². The molecule has 0 bridgehead atoms. The highest BCUT2D eigenvalue weighted by Gasteiger charge is 2.15. The highest BCUT2D eigenvalue weighted by atomic mass is 15.0. The Hall–Kier alpha value is -6.59. The van der Waals surface area contributed by atoms with Crippen LogP contribution in [0.4, 0.5) is 0 Å². The van der Waals surface area contributed by atoms with Crippen molar-refractivity contribution in [3.05, 3.63) is 170 Å². The molecule has 0 saturated carbocycles. The van der Waals surface area contributed by atoms with E-state index in [0.717, 1.165) is 73.6 Å². The van der Waals surface area contributed by atoms with E-state index in [2.05, 4.69) is 150 Å². The lowest BCUT2D eigenvalue weighted by Gasteiger charge is -2.12. The van der Waals surface area contributed by atoms with Crippen LogP contribution >= 0.6 is 0 Å². The Labute approximate surface area is 290 Å². The van der Waals surface area contributed by atoms with Crippen molar-refractivity contribution in [1.29, 1.82) is 0 Å². The number of rotatable bonds is 6. The molecule has 1 aliphatic carbocycles. The van der Waals surface area contributed by atoms with E-state index in [0.29, 0.717) is 17.5 Å². The number of pyridine rings is 2. The minimum atomic E-state index is 0.624. The average Bonchev–Trinajstić information content (AvgIpc) is 3.21. The molecule has 0 fully saturated rings. The van der Waals surface area contributed by atoms with Crippen LogP contribution < -0.4 is 0 Å². The lowest BCUT2D eigenvalue weighted by Crippen LogP contribution is -2.00. The zero-order valence-corrected chi connectivity index (χ0v) is 27.2. The molecule has 0 radical (unpaired) electrons. The van der Waals surface area contributed by atoms with Crippen molar-refractivity contribution in [2.45, 2.75) is 12.8 Å². The zero-order chi connectivity index (χ0) is 33.3. The summed E-state index contributed by atoms with van der Waals surface area (Å²) in [6, 6.07) is 46.1. The quantitative estimate of drug-likeness (QED) is 0.181. The summed E-state index contributed by atoms with van der Waals surface area (Å²) < 4.78 is 0. The van der Waals surface area contributed by atoms with Crippen LogP contribution in [-0.2, 0) is 0 Å². The summed E-state index contributed by atoms with van der Waals surface area (Å²) in [5.74, 6) is 1.89. The third-order valence-electron chi connectivity index (χ3n) is 9.34. The molecule has 0 spiro atoms. The van der Waals surface area contributed by atoms with Crippen molar-refractivity contribution in [3.8, 4) is 56.4 Å². The van der Waals surface area contributed by atoms with E-state index >= 15 is 0 Å². The second-order valence-electron chi connectivity index (χ2n) is 12.5. The van der Waals surface area contributed by atoms with Crippen molar-refractivity contribution in [2.24, 2.45) is 0 Å². The Morgan fingerprint density at radius 3 is 1.26 bits per heavy atom. The van der Waals surface area contributed by atoms with Crippen LogP contribution in [0.1, 0.15) is 18.4 Å². The second-order valence-corrected chi connectivity index (χ2v) is 12.5. The average molecular weight is 642 g/mol. The highest BCUT2D eigenvalue weighted by Crippen LogP contribution is 2.33. The molecule has 0 saturated heterocycles. The molecule has 0 amide bonds. The smallest absolute Gasteiger partial charge is 0.164 e. The first kappa shape index (κ1) is 29.5. The van der Waals surface area contributed by atoms with E-state index < -0.39 is 0 Å². The van der Waals surface area contributed by atoms with Crippen molar-refractivity contribution >= 4 is 27.4 Å². The van der Waals surface area contributed by atoms with E-state index in [4.69, 9.17) is 15.0 Å². The minimum absolute atomic E-state index is 0.624. The third-order valence-corrected chi connectivity index (χ3v) is 9.34. The number of hydrogen-bond acceptors (Lipinski definition) is 5. The molecule has 3 aromatic heterocycles. The fourth-order valence-corrected chi connectivity index (χ4v) is 6.71. The maximum Gasteiger partial charge on any atom is 0.164 e. The van der Waals surface area contributed by atoms with Crippen LogP contribution in [0.25, 0.3) is 83.8 Å². The van der Waals surface area contributed by atoms with Gasteiger partial charge in [-0.2, -0.15) is 0 Å². The first-order valence-electron chi connectivity index (χ1n) is 16.9. The van der Waals surface area contributed by atoms with Gasteiger partial charge in [0.15, 0.2) is 17.5 Å². The van der Waals surface area contributed by atoms with E-state index in [1.54, 1.807) is 0 Å². The number of allylic oxidation sites excluding steroid dienone is 4. The summed E-state index contributed by atoms with van der Waals surface area (Å²) in [5.41, 5.74) is 11.7. The Kier molecular flexibility index (Phi) is 7.56. The molecule has 5 heteroatoms. The summed E-state index contributed by atoms with van der Waals surface area (Å²) >= 11 is 0. The molecule has 0 unspecified atom stereocenters. The van der Waals surface area contributed by atoms with Crippen LogP contribution in [0.5, 0.6) is 0 Å². The van der Waals surface area contributed by atoms with Gasteiger partial charge in [-0.25, -0.2) is 15.0 Å². The maximum atomic E-state index is 5.03. The number of hydrogen-bond donors (Lipinski definition) is 0. The minimum Gasteiger partial charge on any atom is -0.256 e. The van der Waals surface area contributed by atoms with Crippen molar-refractivity contribution in [3.63, 3.8) is 0 Å². The highest BCUT2D eigenvalue weighted by molar-refractivity contribution is 5.94. The normalized spacial score (nSPS) is 12.7. The van der Waals surface area contributed by atoms with E-state index in [-0.39, 0.29) is 0 Å². The molecule has 0 aliphatic heterocycles. The van der Waals surface area contributed by atoms with Gasteiger partial charge in [-0.1, -0.05) is 140 Å². The van der Waals surface area contributed by atoms with Crippen LogP contribution in [-0.4, -0.2) is 24.9 Å². The number of benzene rings is 5. The Morgan fingerprint density at radius 1 is 0.400 bits per heavy atom. The van der Waals surface area contributed by atoms with Gasteiger partial charge >= 0.3 is 0 Å². The van der Waals surface area contributed by atoms with Gasteiger partial charge in [-0.15, -0.1) is 0 Å². The predicted octanol–water partition coefficient (Wildman–Crippen LogP) is 11.0. The summed E-state index contributed by atoms with van der Waals surface area (Å²) in [7, 11) is 0. The van der Waals surface area contributed by atoms with Gasteiger partial charge in [0.05, 0.1) is 11.0 Å². The van der Waals surface area contributed by atoms with Crippen LogP contribution in [0, 0.1) is 0 Å². The molecular formula is C45H31N5. The zero-order valence-electron chi connectivity index (χ0n) is 27.2. The number of nitrogens with zero attached hydrogens (tertiary/aromatic N) is 5. The van der Waals surface area contributed by atoms with Gasteiger partial charge in [-0.3, -0.25) is 9.97 Å². The lowest BCUT2D eigenvalue weighted by molar-refractivity contribution is 1.05. The molecule has 1 aliphatic rings. The molecule has 8 aromatic rings. The molecule has 3 heterocycles. The maximum absolute atomic E-state index is 5.03. The second kappa shape index (κ2) is 12.8. The number of fused-ring (bicyclic) bond motifs is 2. The van der Waals surface area contributed by atoms with Gasteiger partial charge in [0.25, 0.3) is 0 Å². The summed E-state index contributed by atoms with van der Waals surface area (Å²) in [6.07, 6.45) is 12.4. The molecule has 0 N–H and O–H groups in total. The standard InChI is InChI=1S/C45H31N5/c1-2-8-30(9-3-1)31-16-22-36(23-17-31)43-48-44(37-24-18-32(19-25-37)39-14-4-10-34-12-6-28-46-41(34)39)50-45(49-43)38-26-20-33(21-27-38)40-15-5-11-35-13-7-29-47-42(35)40/h1-2,4-8,10-29H,3,9H2. The monoisotopic (exact) mass is 641 g/mol. The van der Waals surface area contributed by atoms with E-state index in [9.17, 15) is 0 Å². The van der Waals surface area contributed by atoms with Gasteiger partial charge in [0, 0.05) is 51.0 Å². The molecule has 5 aromatic carbocycles. The van der Waals surface area contributed by atoms with Crippen LogP contribution in [0.3, 0.4) is 0 Å². The lowest BCUT2D eigenvalue weighted by atomic mass is 9.96. The predicted molar refractivity (Wildman–Crippen MR) is 204 cm³/mol. The summed E-state index contributed by atoms with van der Waals surface area (Å²) in [4.78, 5) is 24.4. The Bertz CT molecular complexity index is 2420. The Morgan fingerprint density at radius 2 is 0.820 bits per heavy atom. The molecule has 236 valence electrons. The fraction of sp³-hybridized carbons (Fsp3) is 0.0444. The largest absolute Gasteiger partial charge is 0.256 e. The molecular weight excluding hydrogens is 611 g/mol. The van der Waals surface area contributed by atoms with Crippen molar-refractivity contribution in [1.82, 2.24) is 24.9 Å². The van der Waals surface area contributed by atoms with Crippen molar-refractivity contribution < 1.29 is 0 Å². The topological polar surface area (TPSA) is 64.5 Å². The molecule has 9 rings (SSSR count). The molecule has 0 atom stereocenters. The molecule has 50 heavy (non-hydrogen) atoms. The number of aromatic nitrogens is 5. The van der Waals surface area contributed by atoms with E-state index in [1.807, 2.05) is 24.5 Å². The summed E-state index contributed by atoms with van der Waals surface area (Å²) in [6.45, 7) is 0. The number of para-hydroxylation sites is 2. The first-order valence-corrected chi connectivity index (χ1v) is 16.9. The van der Waals surface area contributed by atoms with Gasteiger partial charge < -0.3 is 0 Å². The fourth-order valence-electron chi connectivity index (χ4n) is 6.71. The van der Waals surface area contributed by atoms with Crippen LogP contribution in [0.15, 0.2) is 164 Å². The Balaban J connectivity index is 1.11.